The molecule has 0 saturated carbocycles. The second-order valence-electron chi connectivity index (χ2n) is 6.20. The van der Waals surface area contributed by atoms with Crippen LogP contribution in [0.1, 0.15) is 103 Å². The van der Waals surface area contributed by atoms with Crippen molar-refractivity contribution in [3.63, 3.8) is 0 Å². The van der Waals surface area contributed by atoms with E-state index in [0.717, 1.165) is 19.3 Å². The molecule has 0 radical (unpaired) electrons. The van der Waals surface area contributed by atoms with Gasteiger partial charge in [-0.3, -0.25) is 0 Å². The van der Waals surface area contributed by atoms with Gasteiger partial charge in [0, 0.05) is 0 Å². The molecule has 0 spiro atoms. The van der Waals surface area contributed by atoms with Crippen molar-refractivity contribution in [2.24, 2.45) is 0 Å². The van der Waals surface area contributed by atoms with E-state index in [1.165, 1.54) is 77.0 Å². The van der Waals surface area contributed by atoms with Crippen LogP contribution in [-0.2, 0) is 0 Å². The van der Waals surface area contributed by atoms with Crippen molar-refractivity contribution < 1.29 is 5.11 Å². The predicted molar refractivity (Wildman–Crippen MR) is 91.1 cm³/mol. The van der Waals surface area contributed by atoms with Gasteiger partial charge in [-0.25, -0.2) is 0 Å². The largest absolute Gasteiger partial charge is 0.393 e. The summed E-state index contributed by atoms with van der Waals surface area (Å²) >= 11 is 0. The number of rotatable bonds is 16. The molecule has 0 aliphatic rings. The highest BCUT2D eigenvalue weighted by atomic mass is 16.3. The Balaban J connectivity index is 3.11. The Labute approximate surface area is 127 Å². The summed E-state index contributed by atoms with van der Waals surface area (Å²) in [5, 5.41) is 9.89. The molecule has 0 rings (SSSR count). The molecular formula is C19H38O. The summed E-state index contributed by atoms with van der Waals surface area (Å²) in [4.78, 5) is 0. The van der Waals surface area contributed by atoms with Crippen LogP contribution >= 0.6 is 0 Å². The van der Waals surface area contributed by atoms with E-state index in [4.69, 9.17) is 0 Å². The van der Waals surface area contributed by atoms with Crippen molar-refractivity contribution in [2.45, 2.75) is 109 Å². The van der Waals surface area contributed by atoms with Crippen LogP contribution in [0.4, 0.5) is 0 Å². The van der Waals surface area contributed by atoms with Crippen LogP contribution in [0, 0.1) is 0 Å². The van der Waals surface area contributed by atoms with E-state index in [-0.39, 0.29) is 6.10 Å². The highest BCUT2D eigenvalue weighted by Crippen LogP contribution is 2.14. The maximum Gasteiger partial charge on any atom is 0.0540 e. The van der Waals surface area contributed by atoms with Crippen molar-refractivity contribution in [1.29, 1.82) is 0 Å². The summed E-state index contributed by atoms with van der Waals surface area (Å²) < 4.78 is 0. The van der Waals surface area contributed by atoms with E-state index < -0.39 is 0 Å². The van der Waals surface area contributed by atoms with Crippen LogP contribution < -0.4 is 0 Å². The van der Waals surface area contributed by atoms with Gasteiger partial charge in [0.05, 0.1) is 6.10 Å². The van der Waals surface area contributed by atoms with Crippen molar-refractivity contribution in [2.75, 3.05) is 0 Å². The van der Waals surface area contributed by atoms with Crippen molar-refractivity contribution in [3.8, 4) is 0 Å². The van der Waals surface area contributed by atoms with Gasteiger partial charge in [0.25, 0.3) is 0 Å². The quantitative estimate of drug-likeness (QED) is 0.256. The molecule has 0 saturated heterocycles. The normalized spacial score (nSPS) is 12.5. The van der Waals surface area contributed by atoms with Crippen molar-refractivity contribution in [3.05, 3.63) is 12.7 Å². The van der Waals surface area contributed by atoms with Gasteiger partial charge < -0.3 is 5.11 Å². The van der Waals surface area contributed by atoms with Crippen LogP contribution in [-0.4, -0.2) is 11.2 Å². The van der Waals surface area contributed by atoms with Gasteiger partial charge >= 0.3 is 0 Å². The smallest absolute Gasteiger partial charge is 0.0540 e. The van der Waals surface area contributed by atoms with Gasteiger partial charge in [0.1, 0.15) is 0 Å². The van der Waals surface area contributed by atoms with E-state index in [1.807, 2.05) is 6.08 Å². The van der Waals surface area contributed by atoms with Crippen LogP contribution in [0.2, 0.25) is 0 Å². The Morgan fingerprint density at radius 2 is 1.20 bits per heavy atom. The second-order valence-corrected chi connectivity index (χ2v) is 6.20. The molecule has 0 bridgehead atoms. The topological polar surface area (TPSA) is 20.2 Å². The summed E-state index contributed by atoms with van der Waals surface area (Å²) in [6, 6.07) is 0. The molecule has 1 N–H and O–H groups in total. The van der Waals surface area contributed by atoms with E-state index in [1.54, 1.807) is 0 Å². The molecule has 0 fully saturated rings. The van der Waals surface area contributed by atoms with Gasteiger partial charge in [0.2, 0.25) is 0 Å². The van der Waals surface area contributed by atoms with Crippen LogP contribution in [0.15, 0.2) is 12.7 Å². The number of unbranched alkanes of at least 4 members (excludes halogenated alkanes) is 11. The first-order chi connectivity index (χ1) is 9.81. The molecule has 1 unspecified atom stereocenters. The number of aliphatic hydroxyl groups excluding tert-OH is 1. The average molecular weight is 283 g/mol. The van der Waals surface area contributed by atoms with Crippen molar-refractivity contribution in [1.82, 2.24) is 0 Å². The molecule has 0 aromatic carbocycles. The Morgan fingerprint density at radius 1 is 0.750 bits per heavy atom. The minimum atomic E-state index is -0.0525. The number of hydrogen-bond acceptors (Lipinski definition) is 1. The molecular weight excluding hydrogens is 244 g/mol. The molecule has 1 atom stereocenters. The number of allylic oxidation sites excluding steroid dienone is 1. The fourth-order valence-electron chi connectivity index (χ4n) is 2.68. The van der Waals surface area contributed by atoms with E-state index in [2.05, 4.69) is 13.5 Å². The lowest BCUT2D eigenvalue weighted by molar-refractivity contribution is 0.147. The lowest BCUT2D eigenvalue weighted by atomic mass is 10.0. The third kappa shape index (κ3) is 15.8. The Kier molecular flexibility index (Phi) is 16.5. The standard InChI is InChI=1S/C19H38O/c1-3-5-7-9-10-11-12-14-16-18-19(20)17-15-13-8-6-4-2/h4,19-20H,2-3,5-18H2,1H3. The fourth-order valence-corrected chi connectivity index (χ4v) is 2.68. The monoisotopic (exact) mass is 282 g/mol. The third-order valence-electron chi connectivity index (χ3n) is 4.09. The highest BCUT2D eigenvalue weighted by molar-refractivity contribution is 4.66. The minimum absolute atomic E-state index is 0.0525. The number of hydrogen-bond donors (Lipinski definition) is 1. The predicted octanol–water partition coefficient (Wildman–Crippen LogP) is 6.40. The molecule has 0 aliphatic carbocycles. The van der Waals surface area contributed by atoms with E-state index >= 15 is 0 Å². The molecule has 1 heteroatoms. The highest BCUT2D eigenvalue weighted by Gasteiger charge is 2.03. The molecule has 0 amide bonds. The SMILES string of the molecule is C=CCCCCCC(O)CCCCCCCCCCC. The molecule has 0 aliphatic heterocycles. The lowest BCUT2D eigenvalue weighted by Crippen LogP contribution is -2.05. The molecule has 0 aromatic rings. The molecule has 1 nitrogen and oxygen atoms in total. The summed E-state index contributed by atoms with van der Waals surface area (Å²) in [7, 11) is 0. The summed E-state index contributed by atoms with van der Waals surface area (Å²) in [6.07, 6.45) is 20.9. The van der Waals surface area contributed by atoms with E-state index in [0.29, 0.717) is 0 Å². The van der Waals surface area contributed by atoms with Gasteiger partial charge in [0.15, 0.2) is 0 Å². The maximum atomic E-state index is 9.89. The zero-order chi connectivity index (χ0) is 14.9. The first-order valence-electron chi connectivity index (χ1n) is 9.10. The molecule has 120 valence electrons. The van der Waals surface area contributed by atoms with Crippen LogP contribution in [0.3, 0.4) is 0 Å². The third-order valence-corrected chi connectivity index (χ3v) is 4.09. The second kappa shape index (κ2) is 16.8. The molecule has 0 heterocycles. The molecule has 20 heavy (non-hydrogen) atoms. The van der Waals surface area contributed by atoms with Gasteiger partial charge in [-0.1, -0.05) is 83.6 Å². The van der Waals surface area contributed by atoms with Gasteiger partial charge in [-0.2, -0.15) is 0 Å². The first kappa shape index (κ1) is 19.7. The van der Waals surface area contributed by atoms with Crippen LogP contribution in [0.25, 0.3) is 0 Å². The van der Waals surface area contributed by atoms with E-state index in [9.17, 15) is 5.11 Å². The summed E-state index contributed by atoms with van der Waals surface area (Å²) in [5.41, 5.74) is 0. The molecule has 0 aromatic heterocycles. The zero-order valence-electron chi connectivity index (χ0n) is 13.9. The van der Waals surface area contributed by atoms with Crippen molar-refractivity contribution >= 4 is 0 Å². The maximum absolute atomic E-state index is 9.89. The minimum Gasteiger partial charge on any atom is -0.393 e. The fraction of sp³-hybridized carbons (Fsp3) is 0.895. The van der Waals surface area contributed by atoms with Gasteiger partial charge in [-0.15, -0.1) is 6.58 Å². The Hall–Kier alpha value is -0.300. The lowest BCUT2D eigenvalue weighted by Gasteiger charge is -2.10. The summed E-state index contributed by atoms with van der Waals surface area (Å²) in [5.74, 6) is 0. The zero-order valence-corrected chi connectivity index (χ0v) is 13.9. The Bertz CT molecular complexity index is 188. The number of aliphatic hydroxyl groups is 1. The first-order valence-corrected chi connectivity index (χ1v) is 9.10. The summed E-state index contributed by atoms with van der Waals surface area (Å²) in [6.45, 7) is 6.00. The van der Waals surface area contributed by atoms with Gasteiger partial charge in [-0.05, 0) is 25.7 Å². The van der Waals surface area contributed by atoms with Crippen LogP contribution in [0.5, 0.6) is 0 Å². The average Bonchev–Trinajstić information content (AvgIpc) is 2.45. The Morgan fingerprint density at radius 3 is 1.70 bits per heavy atom.